The van der Waals surface area contributed by atoms with Crippen LogP contribution in [0.4, 0.5) is 0 Å². The number of benzene rings is 1. The molecule has 0 amide bonds. The fourth-order valence-electron chi connectivity index (χ4n) is 1.81. The molecular weight excluding hydrogens is 236 g/mol. The first kappa shape index (κ1) is 10.9. The smallest absolute Gasteiger partial charge is 0.239 e. The second kappa shape index (κ2) is 3.75. The van der Waals surface area contributed by atoms with E-state index < -0.39 is 10.0 Å². The lowest BCUT2D eigenvalue weighted by Gasteiger charge is -2.20. The van der Waals surface area contributed by atoms with Gasteiger partial charge in [-0.25, -0.2) is 13.6 Å². The number of sulfonamides is 1. The van der Waals surface area contributed by atoms with Gasteiger partial charge in [-0.2, -0.15) is 0 Å². The topological polar surface area (TPSA) is 72.2 Å². The van der Waals surface area contributed by atoms with Gasteiger partial charge in [0.1, 0.15) is 4.90 Å². The van der Waals surface area contributed by atoms with E-state index in [4.69, 9.17) is 16.7 Å². The van der Waals surface area contributed by atoms with E-state index in [-0.39, 0.29) is 9.92 Å². The van der Waals surface area contributed by atoms with Crippen LogP contribution in [0.25, 0.3) is 0 Å². The average molecular weight is 247 g/mol. The lowest BCUT2D eigenvalue weighted by atomic mass is 10.0. The number of nitrogens with two attached hydrogens (primary N) is 1. The quantitative estimate of drug-likeness (QED) is 0.764. The molecule has 0 aliphatic carbocycles. The number of hydrogen-bond donors (Lipinski definition) is 2. The number of fused-ring (bicyclic) bond motifs is 1. The van der Waals surface area contributed by atoms with Crippen LogP contribution in [-0.4, -0.2) is 15.0 Å². The lowest BCUT2D eigenvalue weighted by molar-refractivity contribution is 0.589. The molecule has 1 aliphatic heterocycles. The van der Waals surface area contributed by atoms with Gasteiger partial charge in [-0.1, -0.05) is 17.7 Å². The highest BCUT2D eigenvalue weighted by molar-refractivity contribution is 7.89. The summed E-state index contributed by atoms with van der Waals surface area (Å²) in [5.41, 5.74) is 1.71. The molecule has 3 N–H and O–H groups in total. The van der Waals surface area contributed by atoms with Gasteiger partial charge in [0.15, 0.2) is 0 Å². The van der Waals surface area contributed by atoms with Crippen molar-refractivity contribution < 1.29 is 8.42 Å². The molecule has 1 aromatic carbocycles. The number of primary sulfonamides is 1. The molecule has 4 nitrogen and oxygen atoms in total. The first-order valence-corrected chi connectivity index (χ1v) is 6.46. The minimum Gasteiger partial charge on any atom is -0.312 e. The van der Waals surface area contributed by atoms with E-state index in [1.807, 2.05) is 6.07 Å². The van der Waals surface area contributed by atoms with Crippen molar-refractivity contribution in [2.75, 3.05) is 6.54 Å². The van der Waals surface area contributed by atoms with Crippen LogP contribution in [0.15, 0.2) is 17.0 Å². The summed E-state index contributed by atoms with van der Waals surface area (Å²) in [5.74, 6) is 0. The monoisotopic (exact) mass is 246 g/mol. The second-order valence-electron chi connectivity index (χ2n) is 3.49. The zero-order chi connectivity index (χ0) is 11.1. The Morgan fingerprint density at radius 1 is 1.40 bits per heavy atom. The summed E-state index contributed by atoms with van der Waals surface area (Å²) in [5, 5.41) is 8.44. The van der Waals surface area contributed by atoms with Crippen LogP contribution in [0.2, 0.25) is 5.02 Å². The predicted molar refractivity (Wildman–Crippen MR) is 58.2 cm³/mol. The summed E-state index contributed by atoms with van der Waals surface area (Å²) in [6.45, 7) is 1.35. The SMILES string of the molecule is NS(=O)(=O)c1c(Cl)ccc2c1CNCC2. The molecule has 82 valence electrons. The third-order valence-electron chi connectivity index (χ3n) is 2.47. The molecule has 1 heterocycles. The fraction of sp³-hybridized carbons (Fsp3) is 0.333. The van der Waals surface area contributed by atoms with Gasteiger partial charge in [-0.3, -0.25) is 0 Å². The van der Waals surface area contributed by atoms with Crippen molar-refractivity contribution in [2.24, 2.45) is 5.14 Å². The van der Waals surface area contributed by atoms with Crippen molar-refractivity contribution in [3.05, 3.63) is 28.3 Å². The molecule has 0 fully saturated rings. The summed E-state index contributed by atoms with van der Waals surface area (Å²) in [6, 6.07) is 3.44. The van der Waals surface area contributed by atoms with Gasteiger partial charge in [0.2, 0.25) is 10.0 Å². The summed E-state index contributed by atoms with van der Waals surface area (Å²) in [4.78, 5) is 0.0638. The molecule has 0 bridgehead atoms. The number of hydrogen-bond acceptors (Lipinski definition) is 3. The molecule has 1 aromatic rings. The highest BCUT2D eigenvalue weighted by Crippen LogP contribution is 2.28. The number of nitrogens with one attached hydrogen (secondary N) is 1. The normalized spacial score (nSPS) is 16.1. The van der Waals surface area contributed by atoms with E-state index in [0.29, 0.717) is 12.1 Å². The highest BCUT2D eigenvalue weighted by atomic mass is 35.5. The summed E-state index contributed by atoms with van der Waals surface area (Å²) < 4.78 is 22.8. The summed E-state index contributed by atoms with van der Waals surface area (Å²) in [7, 11) is -3.75. The molecule has 0 saturated carbocycles. The van der Waals surface area contributed by atoms with Crippen molar-refractivity contribution in [1.29, 1.82) is 0 Å². The van der Waals surface area contributed by atoms with Gasteiger partial charge in [-0.15, -0.1) is 0 Å². The van der Waals surface area contributed by atoms with Crippen LogP contribution < -0.4 is 10.5 Å². The number of rotatable bonds is 1. The fourth-order valence-corrected chi connectivity index (χ4v) is 3.20. The first-order valence-electron chi connectivity index (χ1n) is 4.54. The zero-order valence-corrected chi connectivity index (χ0v) is 9.53. The van der Waals surface area contributed by atoms with Crippen molar-refractivity contribution in [3.63, 3.8) is 0 Å². The van der Waals surface area contributed by atoms with Crippen LogP contribution in [-0.2, 0) is 23.0 Å². The van der Waals surface area contributed by atoms with Gasteiger partial charge >= 0.3 is 0 Å². The zero-order valence-electron chi connectivity index (χ0n) is 7.96. The Balaban J connectivity index is 2.71. The van der Waals surface area contributed by atoms with Crippen LogP contribution in [0.3, 0.4) is 0 Å². The second-order valence-corrected chi connectivity index (χ2v) is 5.39. The van der Waals surface area contributed by atoms with Crippen LogP contribution in [0.5, 0.6) is 0 Å². The first-order chi connectivity index (χ1) is 7.00. The Kier molecular flexibility index (Phi) is 2.72. The van der Waals surface area contributed by atoms with Crippen LogP contribution in [0.1, 0.15) is 11.1 Å². The maximum Gasteiger partial charge on any atom is 0.239 e. The molecular formula is C9H11ClN2O2S. The van der Waals surface area contributed by atoms with Crippen molar-refractivity contribution >= 4 is 21.6 Å². The summed E-state index contributed by atoms with van der Waals surface area (Å²) >= 11 is 5.86. The van der Waals surface area contributed by atoms with Crippen molar-refractivity contribution in [2.45, 2.75) is 17.9 Å². The van der Waals surface area contributed by atoms with Crippen LogP contribution >= 0.6 is 11.6 Å². The van der Waals surface area contributed by atoms with Gasteiger partial charge in [0.05, 0.1) is 5.02 Å². The standard InChI is InChI=1S/C9H11ClN2O2S/c10-8-2-1-6-3-4-12-5-7(6)9(8)15(11,13)14/h1-2,12H,3-5H2,(H2,11,13,14). The van der Waals surface area contributed by atoms with Crippen molar-refractivity contribution in [1.82, 2.24) is 5.32 Å². The molecule has 0 unspecified atom stereocenters. The third kappa shape index (κ3) is 2.01. The molecule has 0 radical (unpaired) electrons. The van der Waals surface area contributed by atoms with Gasteiger partial charge < -0.3 is 5.32 Å². The van der Waals surface area contributed by atoms with E-state index >= 15 is 0 Å². The molecule has 0 atom stereocenters. The van der Waals surface area contributed by atoms with Crippen LogP contribution in [0, 0.1) is 0 Å². The van der Waals surface area contributed by atoms with Gasteiger partial charge in [0.25, 0.3) is 0 Å². The molecule has 0 spiro atoms. The van der Waals surface area contributed by atoms with E-state index in [2.05, 4.69) is 5.32 Å². The molecule has 15 heavy (non-hydrogen) atoms. The lowest BCUT2D eigenvalue weighted by Crippen LogP contribution is -2.27. The minimum atomic E-state index is -3.75. The average Bonchev–Trinajstić information content (AvgIpc) is 2.15. The Morgan fingerprint density at radius 3 is 2.80 bits per heavy atom. The van der Waals surface area contributed by atoms with Crippen molar-refractivity contribution in [3.8, 4) is 0 Å². The Labute approximate surface area is 93.5 Å². The molecule has 0 aromatic heterocycles. The van der Waals surface area contributed by atoms with E-state index in [9.17, 15) is 8.42 Å². The predicted octanol–water partition coefficient (Wildman–Crippen LogP) is 0.633. The van der Waals surface area contributed by atoms with E-state index in [0.717, 1.165) is 18.5 Å². The maximum absolute atomic E-state index is 11.4. The molecule has 2 rings (SSSR count). The molecule has 1 aliphatic rings. The third-order valence-corrected chi connectivity index (χ3v) is 3.93. The van der Waals surface area contributed by atoms with E-state index in [1.54, 1.807) is 6.07 Å². The Morgan fingerprint density at radius 2 is 2.13 bits per heavy atom. The Hall–Kier alpha value is -0.620. The minimum absolute atomic E-state index is 0.0638. The van der Waals surface area contributed by atoms with E-state index in [1.165, 1.54) is 0 Å². The molecule has 0 saturated heterocycles. The van der Waals surface area contributed by atoms with Gasteiger partial charge in [-0.05, 0) is 30.2 Å². The number of halogens is 1. The van der Waals surface area contributed by atoms with Gasteiger partial charge in [0, 0.05) is 6.54 Å². The highest BCUT2D eigenvalue weighted by Gasteiger charge is 2.22. The summed E-state index contributed by atoms with van der Waals surface area (Å²) in [6.07, 6.45) is 0.801. The maximum atomic E-state index is 11.4. The molecule has 6 heteroatoms. The largest absolute Gasteiger partial charge is 0.312 e. The Bertz CT molecular complexity index is 499.